The average Bonchev–Trinajstić information content (AvgIpc) is 2.66. The first-order valence-electron chi connectivity index (χ1n) is 5.20. The fraction of sp³-hybridized carbons (Fsp3) is 0.500. The first kappa shape index (κ1) is 10.8. The molecule has 2 aromatic heterocycles. The van der Waals surface area contributed by atoms with E-state index in [1.54, 1.807) is 11.8 Å². The van der Waals surface area contributed by atoms with Crippen molar-refractivity contribution >= 4 is 11.0 Å². The Kier molecular flexibility index (Phi) is 3.00. The van der Waals surface area contributed by atoms with Gasteiger partial charge in [0, 0.05) is 7.11 Å². The minimum absolute atomic E-state index is 0.159. The molecule has 6 heteroatoms. The minimum atomic E-state index is -0.159. The van der Waals surface area contributed by atoms with E-state index in [1.165, 1.54) is 6.33 Å². The molecule has 0 radical (unpaired) electrons. The monoisotopic (exact) mass is 222 g/mol. The van der Waals surface area contributed by atoms with Gasteiger partial charge in [-0.05, 0) is 6.42 Å². The summed E-state index contributed by atoms with van der Waals surface area (Å²) in [5.41, 5.74) is 1.89. The Morgan fingerprint density at radius 2 is 2.38 bits per heavy atom. The van der Waals surface area contributed by atoms with Crippen molar-refractivity contribution in [3.8, 4) is 0 Å². The number of hydrogen-bond acceptors (Lipinski definition) is 4. The number of hydrogen-bond donors (Lipinski definition) is 1. The number of methoxy groups -OCH3 is 1. The fourth-order valence-electron chi connectivity index (χ4n) is 1.66. The van der Waals surface area contributed by atoms with E-state index in [2.05, 4.69) is 15.1 Å². The number of nitrogens with one attached hydrogen (secondary N) is 1. The van der Waals surface area contributed by atoms with Crippen molar-refractivity contribution in [2.24, 2.45) is 0 Å². The molecule has 2 rings (SSSR count). The normalized spacial score (nSPS) is 11.1. The number of aryl methyl sites for hydroxylation is 1. The SMILES string of the molecule is CCc1nn(CCOC)c2c(=O)[nH]cnc12. The number of nitrogens with zero attached hydrogens (tertiary/aromatic N) is 3. The summed E-state index contributed by atoms with van der Waals surface area (Å²) in [4.78, 5) is 18.4. The number of H-pyrrole nitrogens is 1. The van der Waals surface area contributed by atoms with Crippen LogP contribution in [0.3, 0.4) is 0 Å². The van der Waals surface area contributed by atoms with E-state index in [0.29, 0.717) is 24.2 Å². The third-order valence-corrected chi connectivity index (χ3v) is 2.44. The first-order valence-corrected chi connectivity index (χ1v) is 5.20. The van der Waals surface area contributed by atoms with Crippen LogP contribution in [-0.4, -0.2) is 33.5 Å². The van der Waals surface area contributed by atoms with Gasteiger partial charge >= 0.3 is 0 Å². The second-order valence-electron chi connectivity index (χ2n) is 3.45. The van der Waals surface area contributed by atoms with Crippen LogP contribution in [0.1, 0.15) is 12.6 Å². The fourth-order valence-corrected chi connectivity index (χ4v) is 1.66. The number of aromatic nitrogens is 4. The number of rotatable bonds is 4. The Morgan fingerprint density at radius 1 is 1.56 bits per heavy atom. The van der Waals surface area contributed by atoms with Gasteiger partial charge in [-0.15, -0.1) is 0 Å². The van der Waals surface area contributed by atoms with Gasteiger partial charge in [-0.2, -0.15) is 5.10 Å². The molecule has 0 atom stereocenters. The zero-order valence-corrected chi connectivity index (χ0v) is 9.36. The maximum Gasteiger partial charge on any atom is 0.276 e. The Bertz CT molecular complexity index is 543. The standard InChI is InChI=1S/C10H14N4O2/c1-3-7-8-9(10(15)12-6-11-8)14(13-7)4-5-16-2/h6H,3-5H2,1-2H3,(H,11,12,15). The molecule has 0 saturated heterocycles. The summed E-state index contributed by atoms with van der Waals surface area (Å²) in [6.45, 7) is 3.07. The van der Waals surface area contributed by atoms with Crippen LogP contribution >= 0.6 is 0 Å². The van der Waals surface area contributed by atoms with Gasteiger partial charge in [-0.1, -0.05) is 6.92 Å². The third-order valence-electron chi connectivity index (χ3n) is 2.44. The quantitative estimate of drug-likeness (QED) is 0.809. The molecule has 2 heterocycles. The summed E-state index contributed by atoms with van der Waals surface area (Å²) >= 11 is 0. The molecule has 0 saturated carbocycles. The van der Waals surface area contributed by atoms with Crippen molar-refractivity contribution in [2.75, 3.05) is 13.7 Å². The van der Waals surface area contributed by atoms with E-state index in [1.807, 2.05) is 6.92 Å². The lowest BCUT2D eigenvalue weighted by atomic mass is 10.3. The van der Waals surface area contributed by atoms with Crippen LogP contribution < -0.4 is 5.56 Å². The van der Waals surface area contributed by atoms with Gasteiger partial charge < -0.3 is 9.72 Å². The summed E-state index contributed by atoms with van der Waals surface area (Å²) in [6.07, 6.45) is 2.17. The van der Waals surface area contributed by atoms with Gasteiger partial charge in [-0.3, -0.25) is 9.48 Å². The van der Waals surface area contributed by atoms with Crippen LogP contribution in [0.4, 0.5) is 0 Å². The first-order chi connectivity index (χ1) is 7.77. The number of aromatic amines is 1. The van der Waals surface area contributed by atoms with Crippen LogP contribution in [-0.2, 0) is 17.7 Å². The van der Waals surface area contributed by atoms with Crippen LogP contribution in [0, 0.1) is 0 Å². The lowest BCUT2D eigenvalue weighted by Crippen LogP contribution is -2.14. The smallest absolute Gasteiger partial charge is 0.276 e. The van der Waals surface area contributed by atoms with E-state index in [-0.39, 0.29) is 5.56 Å². The van der Waals surface area contributed by atoms with Crippen LogP contribution in [0.2, 0.25) is 0 Å². The third kappa shape index (κ3) is 1.71. The second-order valence-corrected chi connectivity index (χ2v) is 3.45. The molecular weight excluding hydrogens is 208 g/mol. The van der Waals surface area contributed by atoms with Gasteiger partial charge in [0.2, 0.25) is 0 Å². The lowest BCUT2D eigenvalue weighted by molar-refractivity contribution is 0.184. The van der Waals surface area contributed by atoms with Gasteiger partial charge in [0.1, 0.15) is 5.52 Å². The zero-order chi connectivity index (χ0) is 11.5. The average molecular weight is 222 g/mol. The van der Waals surface area contributed by atoms with Gasteiger partial charge in [0.05, 0.1) is 25.2 Å². The van der Waals surface area contributed by atoms with Crippen LogP contribution in [0.25, 0.3) is 11.0 Å². The Hall–Kier alpha value is -1.69. The second kappa shape index (κ2) is 4.44. The predicted molar refractivity (Wildman–Crippen MR) is 59.4 cm³/mol. The molecule has 0 fully saturated rings. The highest BCUT2D eigenvalue weighted by Crippen LogP contribution is 2.12. The van der Waals surface area contributed by atoms with Crippen molar-refractivity contribution in [3.05, 3.63) is 22.4 Å². The largest absolute Gasteiger partial charge is 0.383 e. The lowest BCUT2D eigenvalue weighted by Gasteiger charge is -2.00. The molecule has 2 aromatic rings. The summed E-state index contributed by atoms with van der Waals surface area (Å²) < 4.78 is 6.64. The highest BCUT2D eigenvalue weighted by molar-refractivity contribution is 5.76. The molecule has 6 nitrogen and oxygen atoms in total. The van der Waals surface area contributed by atoms with E-state index < -0.39 is 0 Å². The topological polar surface area (TPSA) is 72.8 Å². The van der Waals surface area contributed by atoms with Crippen molar-refractivity contribution < 1.29 is 4.74 Å². The maximum absolute atomic E-state index is 11.7. The molecule has 0 aromatic carbocycles. The minimum Gasteiger partial charge on any atom is -0.383 e. The van der Waals surface area contributed by atoms with E-state index in [9.17, 15) is 4.79 Å². The van der Waals surface area contributed by atoms with Gasteiger partial charge in [-0.25, -0.2) is 4.98 Å². The molecule has 0 unspecified atom stereocenters. The van der Waals surface area contributed by atoms with Crippen molar-refractivity contribution in [1.82, 2.24) is 19.7 Å². The number of fused-ring (bicyclic) bond motifs is 1. The Morgan fingerprint density at radius 3 is 3.06 bits per heavy atom. The van der Waals surface area contributed by atoms with Gasteiger partial charge in [0.25, 0.3) is 5.56 Å². The summed E-state index contributed by atoms with van der Waals surface area (Å²) in [7, 11) is 1.62. The van der Waals surface area contributed by atoms with Crippen LogP contribution in [0.5, 0.6) is 0 Å². The predicted octanol–water partition coefficient (Wildman–Crippen LogP) is 0.328. The van der Waals surface area contributed by atoms with Crippen LogP contribution in [0.15, 0.2) is 11.1 Å². The van der Waals surface area contributed by atoms with Gasteiger partial charge in [0.15, 0.2) is 5.52 Å². The molecule has 0 amide bonds. The Labute approximate surface area is 92.3 Å². The maximum atomic E-state index is 11.7. The Balaban J connectivity index is 2.60. The van der Waals surface area contributed by atoms with Crippen molar-refractivity contribution in [2.45, 2.75) is 19.9 Å². The zero-order valence-electron chi connectivity index (χ0n) is 9.36. The van der Waals surface area contributed by atoms with E-state index in [0.717, 1.165) is 12.1 Å². The van der Waals surface area contributed by atoms with Crippen molar-refractivity contribution in [3.63, 3.8) is 0 Å². The van der Waals surface area contributed by atoms with Crippen molar-refractivity contribution in [1.29, 1.82) is 0 Å². The number of ether oxygens (including phenoxy) is 1. The summed E-state index contributed by atoms with van der Waals surface area (Å²) in [5, 5.41) is 4.36. The molecule has 0 aliphatic carbocycles. The highest BCUT2D eigenvalue weighted by Gasteiger charge is 2.12. The van der Waals surface area contributed by atoms with E-state index in [4.69, 9.17) is 4.74 Å². The highest BCUT2D eigenvalue weighted by atomic mass is 16.5. The molecule has 16 heavy (non-hydrogen) atoms. The molecule has 86 valence electrons. The molecule has 0 spiro atoms. The molecular formula is C10H14N4O2. The molecule has 1 N–H and O–H groups in total. The molecule has 0 aliphatic heterocycles. The molecule has 0 aliphatic rings. The summed E-state index contributed by atoms with van der Waals surface area (Å²) in [6, 6.07) is 0. The summed E-state index contributed by atoms with van der Waals surface area (Å²) in [5.74, 6) is 0. The van der Waals surface area contributed by atoms with E-state index >= 15 is 0 Å². The molecule has 0 bridgehead atoms.